The monoisotopic (exact) mass is 195 g/mol. The van der Waals surface area contributed by atoms with Crippen molar-refractivity contribution in [1.29, 1.82) is 0 Å². The first-order valence-corrected chi connectivity index (χ1v) is 4.24. The third-order valence-corrected chi connectivity index (χ3v) is 1.87. The van der Waals surface area contributed by atoms with Crippen molar-refractivity contribution in [2.24, 2.45) is 5.73 Å². The van der Waals surface area contributed by atoms with Crippen LogP contribution in [-0.2, 0) is 4.79 Å². The van der Waals surface area contributed by atoms with E-state index in [1.54, 1.807) is 25.4 Å². The highest BCUT2D eigenvalue weighted by Crippen LogP contribution is 2.14. The van der Waals surface area contributed by atoms with E-state index in [4.69, 9.17) is 10.8 Å². The summed E-state index contributed by atoms with van der Waals surface area (Å²) in [6.45, 7) is 0. The Balaban J connectivity index is 2.71. The maximum Gasteiger partial charge on any atom is 0.305 e. The summed E-state index contributed by atoms with van der Waals surface area (Å²) in [4.78, 5) is 14.4. The number of carbonyl (C=O) groups is 1. The lowest BCUT2D eigenvalue weighted by Gasteiger charge is -2.08. The molecule has 1 rings (SSSR count). The smallest absolute Gasteiger partial charge is 0.305 e. The number of hydrogen-bond acceptors (Lipinski definition) is 4. The largest absolute Gasteiger partial charge is 0.481 e. The average molecular weight is 195 g/mol. The molecule has 0 aliphatic rings. The highest BCUT2D eigenvalue weighted by Gasteiger charge is 2.10. The van der Waals surface area contributed by atoms with E-state index in [9.17, 15) is 4.79 Å². The Bertz CT molecular complexity index is 310. The van der Waals surface area contributed by atoms with Crippen LogP contribution in [0, 0.1) is 0 Å². The maximum atomic E-state index is 10.4. The Morgan fingerprint density at radius 3 is 2.86 bits per heavy atom. The normalized spacial score (nSPS) is 12.1. The molecule has 0 spiro atoms. The van der Waals surface area contributed by atoms with Crippen LogP contribution >= 0.6 is 0 Å². The van der Waals surface area contributed by atoms with Gasteiger partial charge >= 0.3 is 5.97 Å². The van der Waals surface area contributed by atoms with Crippen LogP contribution in [0.4, 0.5) is 5.82 Å². The molecule has 76 valence electrons. The van der Waals surface area contributed by atoms with Crippen LogP contribution in [0.1, 0.15) is 18.0 Å². The van der Waals surface area contributed by atoms with Crippen LogP contribution in [0.3, 0.4) is 0 Å². The number of nitrogens with two attached hydrogens (primary N) is 1. The minimum atomic E-state index is -0.907. The third kappa shape index (κ3) is 2.70. The fourth-order valence-corrected chi connectivity index (χ4v) is 1.08. The molecule has 0 bridgehead atoms. The van der Waals surface area contributed by atoms with Crippen molar-refractivity contribution in [2.45, 2.75) is 12.5 Å². The summed E-state index contributed by atoms with van der Waals surface area (Å²) in [5.74, 6) is -0.175. The fraction of sp³-hybridized carbons (Fsp3) is 0.333. The first-order chi connectivity index (χ1) is 6.63. The van der Waals surface area contributed by atoms with E-state index in [1.165, 1.54) is 0 Å². The predicted molar refractivity (Wildman–Crippen MR) is 53.0 cm³/mol. The van der Waals surface area contributed by atoms with E-state index in [2.05, 4.69) is 10.3 Å². The summed E-state index contributed by atoms with van der Waals surface area (Å²) in [6.07, 6.45) is 1.50. The molecule has 1 heterocycles. The Hall–Kier alpha value is -1.62. The standard InChI is InChI=1S/C9H13N3O2/c1-11-8-3-2-6(5-12-8)7(10)4-9(13)14/h2-3,5,7H,4,10H2,1H3,(H,11,12)(H,13,14). The molecule has 0 saturated heterocycles. The van der Waals surface area contributed by atoms with Gasteiger partial charge in [-0.3, -0.25) is 4.79 Å². The Labute approximate surface area is 82.0 Å². The van der Waals surface area contributed by atoms with Crippen molar-refractivity contribution < 1.29 is 9.90 Å². The average Bonchev–Trinajstić information content (AvgIpc) is 2.17. The molecule has 1 unspecified atom stereocenters. The highest BCUT2D eigenvalue weighted by molar-refractivity contribution is 5.67. The van der Waals surface area contributed by atoms with Crippen LogP contribution in [0.15, 0.2) is 18.3 Å². The van der Waals surface area contributed by atoms with E-state index in [0.29, 0.717) is 0 Å². The van der Waals surface area contributed by atoms with Gasteiger partial charge in [-0.1, -0.05) is 6.07 Å². The summed E-state index contributed by atoms with van der Waals surface area (Å²) < 4.78 is 0. The summed E-state index contributed by atoms with van der Waals surface area (Å²) in [5.41, 5.74) is 6.37. The molecule has 1 aromatic heterocycles. The first kappa shape index (κ1) is 10.5. The van der Waals surface area contributed by atoms with Gasteiger partial charge in [0.05, 0.1) is 6.42 Å². The van der Waals surface area contributed by atoms with Crippen LogP contribution in [0.2, 0.25) is 0 Å². The van der Waals surface area contributed by atoms with E-state index < -0.39 is 12.0 Å². The lowest BCUT2D eigenvalue weighted by Crippen LogP contribution is -2.15. The van der Waals surface area contributed by atoms with E-state index in [0.717, 1.165) is 11.4 Å². The molecule has 1 aromatic rings. The number of carboxylic acid groups (broad SMARTS) is 1. The van der Waals surface area contributed by atoms with Crippen molar-refractivity contribution >= 4 is 11.8 Å². The van der Waals surface area contributed by atoms with Crippen molar-refractivity contribution in [3.05, 3.63) is 23.9 Å². The van der Waals surface area contributed by atoms with Gasteiger partial charge in [0.1, 0.15) is 5.82 Å². The molecule has 0 aliphatic heterocycles. The van der Waals surface area contributed by atoms with Gasteiger partial charge in [0.2, 0.25) is 0 Å². The molecule has 1 atom stereocenters. The number of hydrogen-bond donors (Lipinski definition) is 3. The van der Waals surface area contributed by atoms with Gasteiger partial charge < -0.3 is 16.2 Å². The fourth-order valence-electron chi connectivity index (χ4n) is 1.08. The summed E-state index contributed by atoms with van der Waals surface area (Å²) in [6, 6.07) is 3.04. The second-order valence-electron chi connectivity index (χ2n) is 2.93. The Morgan fingerprint density at radius 1 is 1.71 bits per heavy atom. The zero-order valence-electron chi connectivity index (χ0n) is 7.90. The summed E-state index contributed by atoms with van der Waals surface area (Å²) >= 11 is 0. The highest BCUT2D eigenvalue weighted by atomic mass is 16.4. The SMILES string of the molecule is CNc1ccc(C(N)CC(=O)O)cn1. The molecule has 14 heavy (non-hydrogen) atoms. The number of rotatable bonds is 4. The van der Waals surface area contributed by atoms with Gasteiger partial charge in [-0.25, -0.2) is 4.98 Å². The molecular weight excluding hydrogens is 182 g/mol. The quantitative estimate of drug-likeness (QED) is 0.654. The van der Waals surface area contributed by atoms with Crippen LogP contribution in [0.25, 0.3) is 0 Å². The molecule has 0 aromatic carbocycles. The number of aliphatic carboxylic acids is 1. The van der Waals surface area contributed by atoms with Gasteiger partial charge in [-0.05, 0) is 11.6 Å². The van der Waals surface area contributed by atoms with Crippen LogP contribution in [-0.4, -0.2) is 23.1 Å². The van der Waals surface area contributed by atoms with Crippen LogP contribution < -0.4 is 11.1 Å². The second kappa shape index (κ2) is 4.57. The van der Waals surface area contributed by atoms with Crippen LogP contribution in [0.5, 0.6) is 0 Å². The molecule has 5 nitrogen and oxygen atoms in total. The number of nitrogens with zero attached hydrogens (tertiary/aromatic N) is 1. The molecule has 4 N–H and O–H groups in total. The number of nitrogens with one attached hydrogen (secondary N) is 1. The zero-order chi connectivity index (χ0) is 10.6. The molecule has 0 amide bonds. The van der Waals surface area contributed by atoms with E-state index >= 15 is 0 Å². The van der Waals surface area contributed by atoms with Gasteiger partial charge in [0, 0.05) is 19.3 Å². The Kier molecular flexibility index (Phi) is 3.41. The molecule has 0 saturated carbocycles. The van der Waals surface area contributed by atoms with Gasteiger partial charge in [0.25, 0.3) is 0 Å². The second-order valence-corrected chi connectivity index (χ2v) is 2.93. The summed E-state index contributed by atoms with van der Waals surface area (Å²) in [7, 11) is 1.76. The Morgan fingerprint density at radius 2 is 2.43 bits per heavy atom. The van der Waals surface area contributed by atoms with Gasteiger partial charge in [-0.15, -0.1) is 0 Å². The molecule has 0 aliphatic carbocycles. The molecule has 5 heteroatoms. The van der Waals surface area contributed by atoms with Crippen molar-refractivity contribution in [2.75, 3.05) is 12.4 Å². The maximum absolute atomic E-state index is 10.4. The third-order valence-electron chi connectivity index (χ3n) is 1.87. The van der Waals surface area contributed by atoms with E-state index in [-0.39, 0.29) is 6.42 Å². The predicted octanol–water partition coefficient (Wildman–Crippen LogP) is 0.598. The summed E-state index contributed by atoms with van der Waals surface area (Å²) in [5, 5.41) is 11.4. The molecular formula is C9H13N3O2. The lowest BCUT2D eigenvalue weighted by atomic mass is 10.1. The minimum Gasteiger partial charge on any atom is -0.481 e. The number of aromatic nitrogens is 1. The van der Waals surface area contributed by atoms with Crippen molar-refractivity contribution in [3.8, 4) is 0 Å². The minimum absolute atomic E-state index is 0.0828. The zero-order valence-corrected chi connectivity index (χ0v) is 7.90. The van der Waals surface area contributed by atoms with Crippen molar-refractivity contribution in [3.63, 3.8) is 0 Å². The molecule has 0 fully saturated rings. The lowest BCUT2D eigenvalue weighted by molar-refractivity contribution is -0.137. The number of carboxylic acids is 1. The van der Waals surface area contributed by atoms with Gasteiger partial charge in [-0.2, -0.15) is 0 Å². The molecule has 0 radical (unpaired) electrons. The number of pyridine rings is 1. The first-order valence-electron chi connectivity index (χ1n) is 4.24. The van der Waals surface area contributed by atoms with Gasteiger partial charge in [0.15, 0.2) is 0 Å². The van der Waals surface area contributed by atoms with E-state index in [1.807, 2.05) is 0 Å². The topological polar surface area (TPSA) is 88.2 Å². The van der Waals surface area contributed by atoms with Crippen molar-refractivity contribution in [1.82, 2.24) is 4.98 Å². The number of anilines is 1.